The summed E-state index contributed by atoms with van der Waals surface area (Å²) >= 11 is 0. The molecule has 0 spiro atoms. The predicted molar refractivity (Wildman–Crippen MR) is 92.6 cm³/mol. The van der Waals surface area contributed by atoms with E-state index in [9.17, 15) is 13.0 Å². The van der Waals surface area contributed by atoms with Gasteiger partial charge in [-0.25, -0.2) is 0 Å². The Morgan fingerprint density at radius 3 is 2.18 bits per heavy atom. The summed E-state index contributed by atoms with van der Waals surface area (Å²) in [6.07, 6.45) is 0. The third-order valence-corrected chi connectivity index (χ3v) is 10.1. The molecule has 126 valence electrons. The van der Waals surface area contributed by atoms with Crippen LogP contribution in [0.2, 0.25) is 18.1 Å². The fourth-order valence-electron chi connectivity index (χ4n) is 2.74. The van der Waals surface area contributed by atoms with Crippen LogP contribution in [0.25, 0.3) is 0 Å². The number of hydrogen-bond acceptors (Lipinski definition) is 3. The Hall–Kier alpha value is -0.693. The average Bonchev–Trinajstić information content (AvgIpc) is 2.47. The van der Waals surface area contributed by atoms with Crippen molar-refractivity contribution in [2.24, 2.45) is 0 Å². The number of aryl methyl sites for hydroxylation is 1. The maximum absolute atomic E-state index is 11.6. The van der Waals surface area contributed by atoms with E-state index in [1.807, 2.05) is 19.9 Å². The summed E-state index contributed by atoms with van der Waals surface area (Å²) in [6, 6.07) is 8.18. The van der Waals surface area contributed by atoms with Gasteiger partial charge in [-0.15, -0.1) is 0 Å². The second-order valence-electron chi connectivity index (χ2n) is 5.97. The monoisotopic (exact) mass is 344 g/mol. The van der Waals surface area contributed by atoms with Crippen molar-refractivity contribution in [1.29, 1.82) is 0 Å². The molecule has 1 unspecified atom stereocenters. The van der Waals surface area contributed by atoms with Crippen molar-refractivity contribution < 1.29 is 17.4 Å². The van der Waals surface area contributed by atoms with E-state index in [0.29, 0.717) is 12.2 Å². The summed E-state index contributed by atoms with van der Waals surface area (Å²) < 4.78 is 38.8. The van der Waals surface area contributed by atoms with Crippen LogP contribution in [-0.4, -0.2) is 27.9 Å². The summed E-state index contributed by atoms with van der Waals surface area (Å²) in [5.74, 6) is -0.0756. The molecule has 0 aromatic heterocycles. The second kappa shape index (κ2) is 7.72. The molecule has 1 aromatic rings. The molecule has 0 amide bonds. The van der Waals surface area contributed by atoms with Crippen LogP contribution in [0.15, 0.2) is 23.1 Å². The molecule has 0 radical (unpaired) electrons. The lowest BCUT2D eigenvalue weighted by molar-refractivity contribution is 0.277. The van der Waals surface area contributed by atoms with Crippen molar-refractivity contribution >= 4 is 18.4 Å². The van der Waals surface area contributed by atoms with E-state index in [2.05, 4.69) is 20.8 Å². The van der Waals surface area contributed by atoms with Crippen molar-refractivity contribution in [2.75, 3.05) is 6.61 Å². The molecule has 1 aromatic carbocycles. The van der Waals surface area contributed by atoms with Crippen LogP contribution < -0.4 is 0 Å². The largest absolute Gasteiger partial charge is 0.416 e. The smallest absolute Gasteiger partial charge is 0.294 e. The molecule has 0 aliphatic heterocycles. The Kier molecular flexibility index (Phi) is 6.79. The molecule has 0 fully saturated rings. The van der Waals surface area contributed by atoms with Gasteiger partial charge >= 0.3 is 0 Å². The molecule has 22 heavy (non-hydrogen) atoms. The molecular formula is C16H28O4SSi. The van der Waals surface area contributed by atoms with Crippen LogP contribution in [0.5, 0.6) is 0 Å². The van der Waals surface area contributed by atoms with Gasteiger partial charge in [-0.1, -0.05) is 45.4 Å². The highest BCUT2D eigenvalue weighted by Gasteiger charge is 2.30. The Morgan fingerprint density at radius 1 is 1.18 bits per heavy atom. The van der Waals surface area contributed by atoms with Gasteiger partial charge in [0.25, 0.3) is 10.1 Å². The molecule has 0 aliphatic rings. The van der Waals surface area contributed by atoms with Crippen LogP contribution in [0.1, 0.15) is 44.7 Å². The lowest BCUT2D eigenvalue weighted by Crippen LogP contribution is -2.37. The zero-order valence-electron chi connectivity index (χ0n) is 14.2. The average molecular weight is 345 g/mol. The fraction of sp³-hybridized carbons (Fsp3) is 0.625. The molecule has 0 bridgehead atoms. The summed E-state index contributed by atoms with van der Waals surface area (Å²) in [6.45, 7) is 10.9. The van der Waals surface area contributed by atoms with Gasteiger partial charge in [-0.05, 0) is 36.7 Å². The SMILES string of the molecule is CC[Si](CC)(CC)OCC(C)c1cc(C)ccc1S(=O)(=O)O. The quantitative estimate of drug-likeness (QED) is 0.562. The predicted octanol–water partition coefficient (Wildman–Crippen LogP) is 4.37. The van der Waals surface area contributed by atoms with Gasteiger partial charge in [0.15, 0.2) is 8.32 Å². The first-order chi connectivity index (χ1) is 10.2. The Morgan fingerprint density at radius 2 is 1.73 bits per heavy atom. The first-order valence-corrected chi connectivity index (χ1v) is 11.9. The van der Waals surface area contributed by atoms with Gasteiger partial charge in [-0.2, -0.15) is 8.42 Å². The van der Waals surface area contributed by atoms with Crippen LogP contribution in [0.4, 0.5) is 0 Å². The van der Waals surface area contributed by atoms with Crippen LogP contribution in [-0.2, 0) is 14.5 Å². The second-order valence-corrected chi connectivity index (χ2v) is 12.1. The van der Waals surface area contributed by atoms with Crippen molar-refractivity contribution in [3.05, 3.63) is 29.3 Å². The molecule has 1 N–H and O–H groups in total. The van der Waals surface area contributed by atoms with Crippen molar-refractivity contribution in [3.8, 4) is 0 Å². The molecule has 6 heteroatoms. The highest BCUT2D eigenvalue weighted by atomic mass is 32.2. The minimum Gasteiger partial charge on any atom is -0.416 e. The third kappa shape index (κ3) is 4.65. The Bertz CT molecular complexity index is 586. The van der Waals surface area contributed by atoms with E-state index in [1.54, 1.807) is 6.07 Å². The van der Waals surface area contributed by atoms with E-state index in [4.69, 9.17) is 4.43 Å². The van der Waals surface area contributed by atoms with Gasteiger partial charge in [0.05, 0.1) is 4.90 Å². The molecule has 0 heterocycles. The van der Waals surface area contributed by atoms with Gasteiger partial charge in [0.2, 0.25) is 0 Å². The summed E-state index contributed by atoms with van der Waals surface area (Å²) in [4.78, 5) is -0.00837. The summed E-state index contributed by atoms with van der Waals surface area (Å²) in [5.41, 5.74) is 1.60. The summed E-state index contributed by atoms with van der Waals surface area (Å²) in [5, 5.41) is 0. The first-order valence-electron chi connectivity index (χ1n) is 7.91. The van der Waals surface area contributed by atoms with E-state index in [1.165, 1.54) is 6.07 Å². The third-order valence-electron chi connectivity index (χ3n) is 4.55. The molecular weight excluding hydrogens is 316 g/mol. The maximum Gasteiger partial charge on any atom is 0.294 e. The van der Waals surface area contributed by atoms with Gasteiger partial charge in [0, 0.05) is 12.5 Å². The lowest BCUT2D eigenvalue weighted by Gasteiger charge is -2.30. The van der Waals surface area contributed by atoms with Crippen LogP contribution in [0.3, 0.4) is 0 Å². The Labute approximate surface area is 135 Å². The van der Waals surface area contributed by atoms with E-state index in [0.717, 1.165) is 23.7 Å². The van der Waals surface area contributed by atoms with E-state index < -0.39 is 18.4 Å². The minimum atomic E-state index is -4.21. The van der Waals surface area contributed by atoms with Gasteiger partial charge < -0.3 is 4.43 Å². The standard InChI is InChI=1S/C16H28O4SSi/c1-6-22(7-2,8-3)20-12-14(5)15-11-13(4)9-10-16(15)21(17,18)19/h9-11,14H,6-8,12H2,1-5H3,(H,17,18,19). The highest BCUT2D eigenvalue weighted by molar-refractivity contribution is 7.85. The zero-order valence-corrected chi connectivity index (χ0v) is 16.0. The lowest BCUT2D eigenvalue weighted by atomic mass is 10.0. The minimum absolute atomic E-state index is 0.00837. The molecule has 1 rings (SSSR count). The van der Waals surface area contributed by atoms with Gasteiger partial charge in [0.1, 0.15) is 0 Å². The molecule has 0 aliphatic carbocycles. The number of rotatable bonds is 8. The topological polar surface area (TPSA) is 63.6 Å². The van der Waals surface area contributed by atoms with Crippen LogP contribution >= 0.6 is 0 Å². The zero-order chi connectivity index (χ0) is 17.0. The molecule has 1 atom stereocenters. The molecule has 0 saturated heterocycles. The van der Waals surface area contributed by atoms with Crippen LogP contribution in [0, 0.1) is 6.92 Å². The molecule has 0 saturated carbocycles. The first kappa shape index (κ1) is 19.4. The van der Waals surface area contributed by atoms with Gasteiger partial charge in [-0.3, -0.25) is 4.55 Å². The van der Waals surface area contributed by atoms with Crippen molar-refractivity contribution in [3.63, 3.8) is 0 Å². The van der Waals surface area contributed by atoms with Crippen molar-refractivity contribution in [2.45, 2.75) is 63.6 Å². The normalized spacial score (nSPS) is 14.1. The summed E-state index contributed by atoms with van der Waals surface area (Å²) in [7, 11) is -5.91. The highest BCUT2D eigenvalue weighted by Crippen LogP contribution is 2.28. The van der Waals surface area contributed by atoms with Crippen molar-refractivity contribution in [1.82, 2.24) is 0 Å². The molecule has 4 nitrogen and oxygen atoms in total. The fourth-order valence-corrected chi connectivity index (χ4v) is 6.25. The number of hydrogen-bond donors (Lipinski definition) is 1. The maximum atomic E-state index is 11.6. The van der Waals surface area contributed by atoms with E-state index >= 15 is 0 Å². The Balaban J connectivity index is 3.04. The van der Waals surface area contributed by atoms with E-state index in [-0.39, 0.29) is 10.8 Å². The number of benzene rings is 1.